The van der Waals surface area contributed by atoms with Gasteiger partial charge in [-0.1, -0.05) is 0 Å². The smallest absolute Gasteiger partial charge is 0.467 e. The molecule has 76 valence electrons. The van der Waals surface area contributed by atoms with Crippen molar-refractivity contribution in [1.82, 2.24) is 0 Å². The fourth-order valence-corrected chi connectivity index (χ4v) is 1.41. The third-order valence-electron chi connectivity index (χ3n) is 1.53. The lowest BCUT2D eigenvalue weighted by Gasteiger charge is -2.08. The molecule has 0 heterocycles. The van der Waals surface area contributed by atoms with E-state index in [2.05, 4.69) is 9.26 Å². The van der Waals surface area contributed by atoms with Crippen LogP contribution in [0.5, 0.6) is 0 Å². The van der Waals surface area contributed by atoms with Crippen LogP contribution >= 0.6 is 8.03 Å². The Kier molecular flexibility index (Phi) is 6.68. The zero-order valence-corrected chi connectivity index (χ0v) is 8.87. The summed E-state index contributed by atoms with van der Waals surface area (Å²) in [6.07, 6.45) is -0.0230. The van der Waals surface area contributed by atoms with E-state index in [1.165, 1.54) is 21.3 Å². The largest absolute Gasteiger partial charge is 0.507 e. The predicted octanol–water partition coefficient (Wildman–Crippen LogP) is 0.953. The van der Waals surface area contributed by atoms with E-state index in [0.717, 1.165) is 0 Å². The lowest BCUT2D eigenvalue weighted by molar-refractivity contribution is -0.152. The van der Waals surface area contributed by atoms with Gasteiger partial charge in [0.05, 0.1) is 14.2 Å². The molecule has 0 radical (unpaired) electrons. The van der Waals surface area contributed by atoms with Gasteiger partial charge in [-0.3, -0.25) is 0 Å². The Morgan fingerprint density at radius 1 is 1.38 bits per heavy atom. The summed E-state index contributed by atoms with van der Waals surface area (Å²) in [5.74, 6) is -0.456. The number of rotatable bonds is 6. The molecule has 2 atom stereocenters. The second kappa shape index (κ2) is 6.95. The molecular formula is C7H14O5P+. The Morgan fingerprint density at radius 3 is 2.38 bits per heavy atom. The van der Waals surface area contributed by atoms with E-state index >= 15 is 0 Å². The fraction of sp³-hybridized carbons (Fsp3) is 0.857. The van der Waals surface area contributed by atoms with Gasteiger partial charge in [0.1, 0.15) is 0 Å². The maximum absolute atomic E-state index is 11.0. The van der Waals surface area contributed by atoms with Crippen LogP contribution in [0, 0.1) is 0 Å². The van der Waals surface area contributed by atoms with Crippen LogP contribution in [0.1, 0.15) is 6.42 Å². The van der Waals surface area contributed by atoms with E-state index < -0.39 is 20.1 Å². The molecular weight excluding hydrogens is 195 g/mol. The summed E-state index contributed by atoms with van der Waals surface area (Å²) in [7, 11) is 2.36. The van der Waals surface area contributed by atoms with E-state index in [9.17, 15) is 9.36 Å². The Bertz CT molecular complexity index is 182. The summed E-state index contributed by atoms with van der Waals surface area (Å²) in [5.41, 5.74) is 0. The van der Waals surface area contributed by atoms with Gasteiger partial charge in [0, 0.05) is 13.5 Å². The second-order valence-corrected chi connectivity index (χ2v) is 3.75. The zero-order chi connectivity index (χ0) is 10.3. The molecule has 13 heavy (non-hydrogen) atoms. The van der Waals surface area contributed by atoms with E-state index in [1.807, 2.05) is 0 Å². The molecule has 0 saturated heterocycles. The van der Waals surface area contributed by atoms with Gasteiger partial charge in [-0.25, -0.2) is 4.79 Å². The minimum Gasteiger partial charge on any atom is -0.467 e. The molecule has 0 aliphatic heterocycles. The Morgan fingerprint density at radius 2 is 2.00 bits per heavy atom. The molecule has 0 fully saturated rings. The maximum Gasteiger partial charge on any atom is 0.507 e. The molecule has 0 aromatic rings. The topological polar surface area (TPSA) is 61.8 Å². The molecule has 5 nitrogen and oxygen atoms in total. The van der Waals surface area contributed by atoms with E-state index in [-0.39, 0.29) is 0 Å². The fourth-order valence-electron chi connectivity index (χ4n) is 0.777. The first kappa shape index (κ1) is 12.5. The molecule has 0 saturated carbocycles. The number of hydrogen-bond acceptors (Lipinski definition) is 5. The van der Waals surface area contributed by atoms with Gasteiger partial charge < -0.3 is 9.47 Å². The van der Waals surface area contributed by atoms with Crippen molar-refractivity contribution in [1.29, 1.82) is 0 Å². The van der Waals surface area contributed by atoms with Crippen molar-refractivity contribution in [3.05, 3.63) is 0 Å². The predicted molar refractivity (Wildman–Crippen MR) is 46.9 cm³/mol. The third kappa shape index (κ3) is 4.93. The molecule has 0 aromatic carbocycles. The summed E-state index contributed by atoms with van der Waals surface area (Å²) < 4.78 is 24.7. The van der Waals surface area contributed by atoms with E-state index in [0.29, 0.717) is 12.6 Å². The zero-order valence-electron chi connectivity index (χ0n) is 7.98. The highest BCUT2D eigenvalue weighted by Gasteiger charge is 2.24. The van der Waals surface area contributed by atoms with E-state index in [4.69, 9.17) is 4.74 Å². The monoisotopic (exact) mass is 209 g/mol. The first-order valence-electron chi connectivity index (χ1n) is 3.75. The molecule has 0 bridgehead atoms. The van der Waals surface area contributed by atoms with Gasteiger partial charge in [0.15, 0.2) is 12.3 Å². The summed E-state index contributed by atoms with van der Waals surface area (Å²) >= 11 is 0. The highest BCUT2D eigenvalue weighted by atomic mass is 31.1. The van der Waals surface area contributed by atoms with Crippen LogP contribution in [0.15, 0.2) is 0 Å². The minimum absolute atomic E-state index is 0.291. The van der Waals surface area contributed by atoms with Crippen LogP contribution < -0.4 is 0 Å². The lowest BCUT2D eigenvalue weighted by Crippen LogP contribution is -2.24. The molecule has 0 aromatic heterocycles. The standard InChI is InChI=1S/C7H14O5P/c1-10-6(7(8)11-2)4-5-13(9)12-3/h6H,4-5H2,1-3H3/q+1. The first-order chi connectivity index (χ1) is 6.15. The number of esters is 1. The van der Waals surface area contributed by atoms with Gasteiger partial charge in [-0.05, 0) is 4.57 Å². The van der Waals surface area contributed by atoms with Gasteiger partial charge in [0.2, 0.25) is 0 Å². The summed E-state index contributed by atoms with van der Waals surface area (Å²) in [6.45, 7) is 0. The minimum atomic E-state index is -1.68. The van der Waals surface area contributed by atoms with Gasteiger partial charge in [0.25, 0.3) is 0 Å². The second-order valence-electron chi connectivity index (χ2n) is 2.28. The summed E-state index contributed by atoms with van der Waals surface area (Å²) in [5, 5.41) is 0. The molecule has 0 aliphatic rings. The van der Waals surface area contributed by atoms with Gasteiger partial charge in [-0.15, -0.1) is 4.52 Å². The average Bonchev–Trinajstić information content (AvgIpc) is 2.17. The number of carbonyl (C=O) groups is 1. The Hall–Kier alpha value is -0.510. The average molecular weight is 209 g/mol. The molecule has 0 aliphatic carbocycles. The van der Waals surface area contributed by atoms with Crippen LogP contribution in [0.25, 0.3) is 0 Å². The van der Waals surface area contributed by atoms with Crippen molar-refractivity contribution in [2.75, 3.05) is 27.5 Å². The highest BCUT2D eigenvalue weighted by molar-refractivity contribution is 7.39. The van der Waals surface area contributed by atoms with Crippen molar-refractivity contribution in [3.8, 4) is 0 Å². The SMILES string of the molecule is COC(=O)C(CC[P+](=O)OC)OC. The van der Waals surface area contributed by atoms with Crippen LogP contribution in [0.3, 0.4) is 0 Å². The number of hydrogen-bond donors (Lipinski definition) is 0. The molecule has 0 rings (SSSR count). The molecule has 2 unspecified atom stereocenters. The summed E-state index contributed by atoms with van der Waals surface area (Å²) in [6, 6.07) is 0. The van der Waals surface area contributed by atoms with Crippen molar-refractivity contribution in [2.45, 2.75) is 12.5 Å². The number of carbonyl (C=O) groups excluding carboxylic acids is 1. The number of ether oxygens (including phenoxy) is 2. The van der Waals surface area contributed by atoms with E-state index in [1.54, 1.807) is 0 Å². The highest BCUT2D eigenvalue weighted by Crippen LogP contribution is 2.22. The molecule has 0 spiro atoms. The van der Waals surface area contributed by atoms with Gasteiger partial charge >= 0.3 is 14.0 Å². The van der Waals surface area contributed by atoms with Crippen LogP contribution in [-0.2, 0) is 23.4 Å². The third-order valence-corrected chi connectivity index (χ3v) is 2.56. The van der Waals surface area contributed by atoms with Crippen LogP contribution in [0.4, 0.5) is 0 Å². The Balaban J connectivity index is 3.85. The number of methoxy groups -OCH3 is 2. The normalized spacial score (nSPS) is 13.6. The quantitative estimate of drug-likeness (QED) is 0.481. The molecule has 0 amide bonds. The first-order valence-corrected chi connectivity index (χ1v) is 5.11. The molecule has 6 heteroatoms. The Labute approximate surface area is 78.2 Å². The lowest BCUT2D eigenvalue weighted by atomic mass is 10.3. The maximum atomic E-state index is 11.0. The summed E-state index contributed by atoms with van der Waals surface area (Å²) in [4.78, 5) is 11.0. The van der Waals surface area contributed by atoms with Crippen molar-refractivity contribution < 1.29 is 23.4 Å². The van der Waals surface area contributed by atoms with Crippen LogP contribution in [0.2, 0.25) is 0 Å². The molecule has 0 N–H and O–H groups in total. The van der Waals surface area contributed by atoms with Gasteiger partial charge in [-0.2, -0.15) is 0 Å². The van der Waals surface area contributed by atoms with Crippen molar-refractivity contribution in [2.24, 2.45) is 0 Å². The van der Waals surface area contributed by atoms with Crippen molar-refractivity contribution >= 4 is 14.0 Å². The van der Waals surface area contributed by atoms with Crippen LogP contribution in [-0.4, -0.2) is 39.6 Å². The van der Waals surface area contributed by atoms with Crippen molar-refractivity contribution in [3.63, 3.8) is 0 Å².